The molecular weight excluding hydrogens is 396 g/mol. The van der Waals surface area contributed by atoms with Crippen molar-refractivity contribution in [3.63, 3.8) is 0 Å². The molecular formula is C19H15BrN4S. The van der Waals surface area contributed by atoms with Crippen LogP contribution in [-0.2, 0) is 12.3 Å². The number of benzene rings is 2. The largest absolute Gasteiger partial charge is 0.243 e. The number of rotatable bonds is 5. The third kappa shape index (κ3) is 3.75. The van der Waals surface area contributed by atoms with E-state index in [0.29, 0.717) is 6.54 Å². The highest BCUT2D eigenvalue weighted by atomic mass is 79.9. The van der Waals surface area contributed by atoms with Crippen LogP contribution in [0.5, 0.6) is 0 Å². The van der Waals surface area contributed by atoms with Gasteiger partial charge in [0.2, 0.25) is 0 Å². The van der Waals surface area contributed by atoms with Gasteiger partial charge in [-0.3, -0.25) is 0 Å². The van der Waals surface area contributed by atoms with Crippen molar-refractivity contribution in [2.24, 2.45) is 0 Å². The fourth-order valence-electron chi connectivity index (χ4n) is 2.64. The molecule has 0 bridgehead atoms. The van der Waals surface area contributed by atoms with Crippen molar-refractivity contribution in [3.8, 4) is 0 Å². The van der Waals surface area contributed by atoms with Crippen molar-refractivity contribution in [2.45, 2.75) is 17.3 Å². The van der Waals surface area contributed by atoms with Crippen molar-refractivity contribution >= 4 is 38.7 Å². The van der Waals surface area contributed by atoms with E-state index in [0.717, 1.165) is 26.3 Å². The first-order chi connectivity index (χ1) is 12.3. The maximum Gasteiger partial charge on any atom is 0.162 e. The van der Waals surface area contributed by atoms with Crippen molar-refractivity contribution in [1.82, 2.24) is 19.7 Å². The summed E-state index contributed by atoms with van der Waals surface area (Å²) in [4.78, 5) is 8.89. The number of fused-ring (bicyclic) bond motifs is 1. The molecule has 2 heterocycles. The van der Waals surface area contributed by atoms with Crippen LogP contribution in [0, 0.1) is 0 Å². The fourth-order valence-corrected chi connectivity index (χ4v) is 3.99. The van der Waals surface area contributed by atoms with Gasteiger partial charge in [-0.15, -0.1) is 11.8 Å². The topological polar surface area (TPSA) is 43.6 Å². The quantitative estimate of drug-likeness (QED) is 0.345. The number of hydrogen-bond acceptors (Lipinski definition) is 4. The first kappa shape index (κ1) is 16.3. The lowest BCUT2D eigenvalue weighted by Gasteiger charge is -2.05. The summed E-state index contributed by atoms with van der Waals surface area (Å²) >= 11 is 5.22. The first-order valence-electron chi connectivity index (χ1n) is 7.87. The summed E-state index contributed by atoms with van der Waals surface area (Å²) in [6, 6.07) is 18.6. The van der Waals surface area contributed by atoms with Crippen LogP contribution in [0.1, 0.15) is 11.1 Å². The van der Waals surface area contributed by atoms with E-state index < -0.39 is 0 Å². The molecule has 6 heteroatoms. The molecule has 4 nitrogen and oxygen atoms in total. The van der Waals surface area contributed by atoms with Gasteiger partial charge in [0.05, 0.1) is 18.1 Å². The van der Waals surface area contributed by atoms with Gasteiger partial charge >= 0.3 is 0 Å². The number of thioether (sulfide) groups is 1. The van der Waals surface area contributed by atoms with E-state index in [2.05, 4.69) is 55.3 Å². The highest BCUT2D eigenvalue weighted by Gasteiger charge is 2.11. The van der Waals surface area contributed by atoms with E-state index in [9.17, 15) is 0 Å². The van der Waals surface area contributed by atoms with Crippen molar-refractivity contribution in [1.29, 1.82) is 0 Å². The Morgan fingerprint density at radius 3 is 2.64 bits per heavy atom. The van der Waals surface area contributed by atoms with Crippen LogP contribution >= 0.6 is 27.7 Å². The van der Waals surface area contributed by atoms with E-state index in [4.69, 9.17) is 0 Å². The summed E-state index contributed by atoms with van der Waals surface area (Å²) in [5, 5.41) is 6.47. The predicted octanol–water partition coefficient (Wildman–Crippen LogP) is 4.93. The summed E-state index contributed by atoms with van der Waals surface area (Å²) < 4.78 is 3.02. The molecule has 124 valence electrons. The lowest BCUT2D eigenvalue weighted by molar-refractivity contribution is 0.703. The molecule has 2 aromatic heterocycles. The molecule has 0 aliphatic carbocycles. The van der Waals surface area contributed by atoms with Crippen molar-refractivity contribution in [3.05, 3.63) is 82.7 Å². The molecule has 0 amide bonds. The Labute approximate surface area is 158 Å². The average molecular weight is 411 g/mol. The number of hydrogen-bond donors (Lipinski definition) is 0. The molecule has 0 aliphatic heterocycles. The number of nitrogens with zero attached hydrogens (tertiary/aromatic N) is 4. The number of aromatic nitrogens is 4. The summed E-state index contributed by atoms with van der Waals surface area (Å²) in [5.74, 6) is 0.857. The molecule has 4 rings (SSSR count). The maximum absolute atomic E-state index is 4.51. The molecule has 0 unspecified atom stereocenters. The summed E-state index contributed by atoms with van der Waals surface area (Å²) in [6.45, 7) is 0.705. The van der Waals surface area contributed by atoms with Gasteiger partial charge in [-0.05, 0) is 23.3 Å². The molecule has 0 fully saturated rings. The minimum Gasteiger partial charge on any atom is -0.243 e. The molecule has 0 saturated carbocycles. The normalized spacial score (nSPS) is 11.1. The van der Waals surface area contributed by atoms with Gasteiger partial charge in [0.25, 0.3) is 0 Å². The standard InChI is InChI=1S/C19H15BrN4S/c20-16-8-4-7-15(9-16)12-25-19-17-10-23-24(18(17)21-13-22-19)11-14-5-2-1-3-6-14/h1-10,13H,11-12H2. The highest BCUT2D eigenvalue weighted by molar-refractivity contribution is 9.10. The molecule has 0 spiro atoms. The zero-order chi connectivity index (χ0) is 17.1. The second-order valence-electron chi connectivity index (χ2n) is 5.62. The molecule has 0 N–H and O–H groups in total. The summed E-state index contributed by atoms with van der Waals surface area (Å²) in [7, 11) is 0. The minimum atomic E-state index is 0.705. The van der Waals surface area contributed by atoms with Crippen LogP contribution in [0.15, 0.2) is 76.6 Å². The second-order valence-corrected chi connectivity index (χ2v) is 7.50. The van der Waals surface area contributed by atoms with Crippen LogP contribution < -0.4 is 0 Å². The Hall–Kier alpha value is -2.18. The van der Waals surface area contributed by atoms with E-state index >= 15 is 0 Å². The molecule has 25 heavy (non-hydrogen) atoms. The Kier molecular flexibility index (Phi) is 4.81. The van der Waals surface area contributed by atoms with Crippen LogP contribution in [0.2, 0.25) is 0 Å². The third-order valence-corrected chi connectivity index (χ3v) is 5.41. The number of halogens is 1. The third-order valence-electron chi connectivity index (χ3n) is 3.84. The van der Waals surface area contributed by atoms with Gasteiger partial charge in [0.1, 0.15) is 11.4 Å². The molecule has 0 saturated heterocycles. The van der Waals surface area contributed by atoms with Crippen LogP contribution in [0.4, 0.5) is 0 Å². The molecule has 4 aromatic rings. The Balaban J connectivity index is 1.58. The fraction of sp³-hybridized carbons (Fsp3) is 0.105. The Morgan fingerprint density at radius 2 is 1.80 bits per heavy atom. The van der Waals surface area contributed by atoms with Gasteiger partial charge in [-0.25, -0.2) is 14.6 Å². The van der Waals surface area contributed by atoms with Crippen molar-refractivity contribution in [2.75, 3.05) is 0 Å². The molecule has 0 radical (unpaired) electrons. The lowest BCUT2D eigenvalue weighted by atomic mass is 10.2. The van der Waals surface area contributed by atoms with Crippen LogP contribution in [0.3, 0.4) is 0 Å². The van der Waals surface area contributed by atoms with Gasteiger partial charge in [-0.1, -0.05) is 58.4 Å². The molecule has 0 aliphatic rings. The zero-order valence-corrected chi connectivity index (χ0v) is 15.7. The van der Waals surface area contributed by atoms with Gasteiger partial charge in [-0.2, -0.15) is 5.10 Å². The van der Waals surface area contributed by atoms with E-state index in [1.54, 1.807) is 18.1 Å². The maximum atomic E-state index is 4.51. The SMILES string of the molecule is Brc1cccc(CSc2ncnc3c2cnn3Cc2ccccc2)c1. The lowest BCUT2D eigenvalue weighted by Crippen LogP contribution is -2.02. The van der Waals surface area contributed by atoms with Gasteiger partial charge < -0.3 is 0 Å². The minimum absolute atomic E-state index is 0.705. The van der Waals surface area contributed by atoms with E-state index in [-0.39, 0.29) is 0 Å². The molecule has 2 aromatic carbocycles. The first-order valence-corrected chi connectivity index (χ1v) is 9.65. The Bertz CT molecular complexity index is 1000. The monoisotopic (exact) mass is 410 g/mol. The van der Waals surface area contributed by atoms with Gasteiger partial charge in [0, 0.05) is 10.2 Å². The van der Waals surface area contributed by atoms with Gasteiger partial charge in [0.15, 0.2) is 5.65 Å². The zero-order valence-electron chi connectivity index (χ0n) is 13.3. The van der Waals surface area contributed by atoms with Crippen LogP contribution in [-0.4, -0.2) is 19.7 Å². The predicted molar refractivity (Wildman–Crippen MR) is 105 cm³/mol. The Morgan fingerprint density at radius 1 is 0.960 bits per heavy atom. The van der Waals surface area contributed by atoms with E-state index in [1.165, 1.54) is 11.1 Å². The summed E-state index contributed by atoms with van der Waals surface area (Å²) in [6.07, 6.45) is 3.48. The van der Waals surface area contributed by atoms with Crippen molar-refractivity contribution < 1.29 is 0 Å². The second kappa shape index (κ2) is 7.37. The summed E-state index contributed by atoms with van der Waals surface area (Å²) in [5.41, 5.74) is 3.33. The molecule has 0 atom stereocenters. The highest BCUT2D eigenvalue weighted by Crippen LogP contribution is 2.28. The van der Waals surface area contributed by atoms with Crippen LogP contribution in [0.25, 0.3) is 11.0 Å². The van der Waals surface area contributed by atoms with E-state index in [1.807, 2.05) is 41.2 Å². The average Bonchev–Trinajstić information content (AvgIpc) is 3.04. The smallest absolute Gasteiger partial charge is 0.162 e.